The van der Waals surface area contributed by atoms with Gasteiger partial charge in [-0.05, 0) is 49.3 Å². The molecule has 0 bridgehead atoms. The Morgan fingerprint density at radius 2 is 1.93 bits per heavy atom. The van der Waals surface area contributed by atoms with Crippen molar-refractivity contribution >= 4 is 5.91 Å². The van der Waals surface area contributed by atoms with E-state index in [1.165, 1.54) is 43.2 Å². The number of carbonyl (C=O) groups is 1. The molecule has 0 saturated heterocycles. The normalized spacial score (nSPS) is 20.4. The molecular formula is C24H38N2O2. The number of fused-ring (bicyclic) bond motifs is 1. The molecule has 28 heavy (non-hydrogen) atoms. The van der Waals surface area contributed by atoms with E-state index in [2.05, 4.69) is 41.0 Å². The lowest BCUT2D eigenvalue weighted by molar-refractivity contribution is -0.136. The van der Waals surface area contributed by atoms with E-state index in [1.807, 2.05) is 0 Å². The monoisotopic (exact) mass is 386 g/mol. The van der Waals surface area contributed by atoms with E-state index in [9.17, 15) is 9.90 Å². The lowest BCUT2D eigenvalue weighted by atomic mass is 9.77. The van der Waals surface area contributed by atoms with Crippen molar-refractivity contribution < 1.29 is 9.90 Å². The SMILES string of the molecule is CCCCN(CCO)CCC(=O)N1CCc2ccccc2C1C1CCCCC1. The second-order valence-electron chi connectivity index (χ2n) is 8.55. The van der Waals surface area contributed by atoms with Gasteiger partial charge in [0.1, 0.15) is 0 Å². The van der Waals surface area contributed by atoms with Gasteiger partial charge in [0.15, 0.2) is 0 Å². The zero-order chi connectivity index (χ0) is 19.8. The van der Waals surface area contributed by atoms with Crippen LogP contribution in [0.1, 0.15) is 75.5 Å². The fraction of sp³-hybridized carbons (Fsp3) is 0.708. The summed E-state index contributed by atoms with van der Waals surface area (Å²) in [4.78, 5) is 17.7. The largest absolute Gasteiger partial charge is 0.395 e. The van der Waals surface area contributed by atoms with Crippen LogP contribution in [0.25, 0.3) is 0 Å². The maximum Gasteiger partial charge on any atom is 0.224 e. The highest BCUT2D eigenvalue weighted by Crippen LogP contribution is 2.42. The lowest BCUT2D eigenvalue weighted by Gasteiger charge is -2.43. The van der Waals surface area contributed by atoms with Gasteiger partial charge in [-0.3, -0.25) is 4.79 Å². The second kappa shape index (κ2) is 11.0. The minimum Gasteiger partial charge on any atom is -0.395 e. The third-order valence-corrected chi connectivity index (χ3v) is 6.63. The van der Waals surface area contributed by atoms with Gasteiger partial charge in [0.25, 0.3) is 0 Å². The van der Waals surface area contributed by atoms with Crippen molar-refractivity contribution in [2.24, 2.45) is 5.92 Å². The number of hydrogen-bond acceptors (Lipinski definition) is 3. The summed E-state index contributed by atoms with van der Waals surface area (Å²) in [5.74, 6) is 0.900. The fourth-order valence-corrected chi connectivity index (χ4v) is 5.09. The molecule has 1 unspecified atom stereocenters. The topological polar surface area (TPSA) is 43.8 Å². The van der Waals surface area contributed by atoms with Crippen molar-refractivity contribution in [1.29, 1.82) is 0 Å². The lowest BCUT2D eigenvalue weighted by Crippen LogP contribution is -2.44. The first kappa shape index (κ1) is 21.3. The van der Waals surface area contributed by atoms with Crippen LogP contribution in [0.2, 0.25) is 0 Å². The molecule has 3 rings (SSSR count). The summed E-state index contributed by atoms with van der Waals surface area (Å²) in [7, 11) is 0. The molecule has 1 aliphatic carbocycles. The number of aliphatic hydroxyl groups excluding tert-OH is 1. The standard InChI is InChI=1S/C24H38N2O2/c1-2-3-15-25(18-19-27)16-14-23(28)26-17-13-20-9-7-8-12-22(20)24(26)21-10-5-4-6-11-21/h7-9,12,21,24,27H,2-6,10-11,13-19H2,1H3. The number of amides is 1. The molecule has 1 N–H and O–H groups in total. The molecule has 1 aromatic rings. The minimum absolute atomic E-state index is 0.166. The summed E-state index contributed by atoms with van der Waals surface area (Å²) in [5.41, 5.74) is 2.83. The van der Waals surface area contributed by atoms with E-state index in [1.54, 1.807) is 0 Å². The molecule has 0 spiro atoms. The number of carbonyl (C=O) groups excluding carboxylic acids is 1. The minimum atomic E-state index is 0.166. The Hall–Kier alpha value is -1.39. The van der Waals surface area contributed by atoms with Crippen molar-refractivity contribution in [3.05, 3.63) is 35.4 Å². The molecule has 1 saturated carbocycles. The fourth-order valence-electron chi connectivity index (χ4n) is 5.09. The average molecular weight is 387 g/mol. The van der Waals surface area contributed by atoms with Gasteiger partial charge in [-0.2, -0.15) is 0 Å². The van der Waals surface area contributed by atoms with Gasteiger partial charge in [-0.25, -0.2) is 0 Å². The number of unbranched alkanes of at least 4 members (excludes halogenated alkanes) is 1. The summed E-state index contributed by atoms with van der Waals surface area (Å²) in [6, 6.07) is 9.04. The molecule has 1 amide bonds. The van der Waals surface area contributed by atoms with Crippen molar-refractivity contribution in [2.45, 2.75) is 70.8 Å². The highest BCUT2D eigenvalue weighted by atomic mass is 16.3. The molecule has 1 aliphatic heterocycles. The maximum atomic E-state index is 13.3. The predicted octanol–water partition coefficient (Wildman–Crippen LogP) is 4.18. The molecule has 0 radical (unpaired) electrons. The molecular weight excluding hydrogens is 348 g/mol. The van der Waals surface area contributed by atoms with E-state index in [0.717, 1.165) is 38.9 Å². The van der Waals surface area contributed by atoms with Crippen LogP contribution in [0.5, 0.6) is 0 Å². The van der Waals surface area contributed by atoms with Crippen LogP contribution in [-0.2, 0) is 11.2 Å². The number of rotatable bonds is 9. The molecule has 156 valence electrons. The van der Waals surface area contributed by atoms with E-state index in [-0.39, 0.29) is 12.6 Å². The van der Waals surface area contributed by atoms with E-state index < -0.39 is 0 Å². The zero-order valence-corrected chi connectivity index (χ0v) is 17.6. The van der Waals surface area contributed by atoms with Crippen molar-refractivity contribution in [3.63, 3.8) is 0 Å². The van der Waals surface area contributed by atoms with Crippen LogP contribution >= 0.6 is 0 Å². The van der Waals surface area contributed by atoms with Crippen LogP contribution in [0.4, 0.5) is 0 Å². The number of hydrogen-bond donors (Lipinski definition) is 1. The quantitative estimate of drug-likeness (QED) is 0.692. The van der Waals surface area contributed by atoms with E-state index in [4.69, 9.17) is 0 Å². The van der Waals surface area contributed by atoms with Crippen LogP contribution in [0.3, 0.4) is 0 Å². The van der Waals surface area contributed by atoms with Gasteiger partial charge < -0.3 is 14.9 Å². The summed E-state index contributed by atoms with van der Waals surface area (Å²) in [6.45, 7) is 5.60. The Kier molecular flexibility index (Phi) is 8.35. The van der Waals surface area contributed by atoms with Gasteiger partial charge in [0.05, 0.1) is 12.6 Å². The average Bonchev–Trinajstić information content (AvgIpc) is 2.75. The van der Waals surface area contributed by atoms with E-state index in [0.29, 0.717) is 24.8 Å². The van der Waals surface area contributed by atoms with Gasteiger partial charge in [-0.1, -0.05) is 56.9 Å². The molecule has 0 aromatic heterocycles. The molecule has 1 fully saturated rings. The molecule has 1 atom stereocenters. The van der Waals surface area contributed by atoms with Crippen LogP contribution in [0, 0.1) is 5.92 Å². The smallest absolute Gasteiger partial charge is 0.224 e. The summed E-state index contributed by atoms with van der Waals surface area (Å²) < 4.78 is 0. The Morgan fingerprint density at radius 1 is 1.14 bits per heavy atom. The first-order valence-electron chi connectivity index (χ1n) is 11.4. The highest BCUT2D eigenvalue weighted by Gasteiger charge is 2.36. The Balaban J connectivity index is 1.70. The maximum absolute atomic E-state index is 13.3. The predicted molar refractivity (Wildman–Crippen MR) is 114 cm³/mol. The second-order valence-corrected chi connectivity index (χ2v) is 8.55. The van der Waals surface area contributed by atoms with Gasteiger partial charge in [-0.15, -0.1) is 0 Å². The van der Waals surface area contributed by atoms with Crippen molar-refractivity contribution in [2.75, 3.05) is 32.8 Å². The molecule has 4 nitrogen and oxygen atoms in total. The number of benzene rings is 1. The van der Waals surface area contributed by atoms with E-state index >= 15 is 0 Å². The summed E-state index contributed by atoms with van der Waals surface area (Å²) >= 11 is 0. The van der Waals surface area contributed by atoms with Gasteiger partial charge >= 0.3 is 0 Å². The Morgan fingerprint density at radius 3 is 2.68 bits per heavy atom. The third-order valence-electron chi connectivity index (χ3n) is 6.63. The van der Waals surface area contributed by atoms with Crippen molar-refractivity contribution in [3.8, 4) is 0 Å². The number of nitrogens with zero attached hydrogens (tertiary/aromatic N) is 2. The molecule has 1 heterocycles. The first-order valence-corrected chi connectivity index (χ1v) is 11.4. The van der Waals surface area contributed by atoms with Crippen LogP contribution in [-0.4, -0.2) is 53.6 Å². The Bertz CT molecular complexity index is 612. The molecule has 1 aromatic carbocycles. The van der Waals surface area contributed by atoms with Crippen LogP contribution < -0.4 is 0 Å². The molecule has 4 heteroatoms. The first-order chi connectivity index (χ1) is 13.7. The van der Waals surface area contributed by atoms with Crippen molar-refractivity contribution in [1.82, 2.24) is 9.80 Å². The highest BCUT2D eigenvalue weighted by molar-refractivity contribution is 5.77. The zero-order valence-electron chi connectivity index (χ0n) is 17.6. The Labute approximate surface area is 170 Å². The van der Waals surface area contributed by atoms with Gasteiger partial charge in [0.2, 0.25) is 5.91 Å². The third kappa shape index (κ3) is 5.36. The van der Waals surface area contributed by atoms with Crippen LogP contribution in [0.15, 0.2) is 24.3 Å². The molecule has 2 aliphatic rings. The number of aliphatic hydroxyl groups is 1. The summed E-state index contributed by atoms with van der Waals surface area (Å²) in [5, 5.41) is 9.33. The summed E-state index contributed by atoms with van der Waals surface area (Å²) in [6.07, 6.45) is 10.2. The van der Waals surface area contributed by atoms with Gasteiger partial charge in [0, 0.05) is 26.1 Å².